The first-order chi connectivity index (χ1) is 13.1. The van der Waals surface area contributed by atoms with Crippen LogP contribution < -0.4 is 5.32 Å². The zero-order valence-electron chi connectivity index (χ0n) is 14.9. The van der Waals surface area contributed by atoms with Gasteiger partial charge in [-0.3, -0.25) is 0 Å². The molecule has 6 heteroatoms. The quantitative estimate of drug-likeness (QED) is 0.606. The smallest absolute Gasteiger partial charge is 0.172 e. The second-order valence-electron chi connectivity index (χ2n) is 6.45. The van der Waals surface area contributed by atoms with E-state index in [1.54, 1.807) is 16.8 Å². The molecule has 136 valence electrons. The summed E-state index contributed by atoms with van der Waals surface area (Å²) in [5.74, 6) is 1.05. The third kappa shape index (κ3) is 3.66. The van der Waals surface area contributed by atoms with Gasteiger partial charge in [0.05, 0.1) is 16.4 Å². The number of aromatic nitrogens is 3. The van der Waals surface area contributed by atoms with Crippen molar-refractivity contribution < 1.29 is 5.11 Å². The van der Waals surface area contributed by atoms with Crippen LogP contribution >= 0.6 is 15.9 Å². The Bertz CT molecular complexity index is 1080. The molecule has 0 bridgehead atoms. The summed E-state index contributed by atoms with van der Waals surface area (Å²) in [6, 6.07) is 10.3. The summed E-state index contributed by atoms with van der Waals surface area (Å²) in [4.78, 5) is 4.71. The number of allylic oxidation sites excluding steroid dienone is 5. The van der Waals surface area contributed by atoms with Crippen LogP contribution in [0.3, 0.4) is 0 Å². The molecule has 0 unspecified atom stereocenters. The zero-order valence-corrected chi connectivity index (χ0v) is 16.4. The van der Waals surface area contributed by atoms with Gasteiger partial charge >= 0.3 is 0 Å². The van der Waals surface area contributed by atoms with Crippen molar-refractivity contribution in [1.82, 2.24) is 14.6 Å². The van der Waals surface area contributed by atoms with Crippen LogP contribution in [0.25, 0.3) is 11.2 Å². The van der Waals surface area contributed by atoms with E-state index in [9.17, 15) is 5.11 Å². The minimum Gasteiger partial charge on any atom is -0.508 e. The van der Waals surface area contributed by atoms with Gasteiger partial charge in [-0.25, -0.2) is 4.98 Å². The molecule has 0 aliphatic heterocycles. The van der Waals surface area contributed by atoms with Crippen LogP contribution in [-0.2, 0) is 6.54 Å². The highest BCUT2D eigenvalue weighted by Crippen LogP contribution is 2.28. The first kappa shape index (κ1) is 17.5. The first-order valence-corrected chi connectivity index (χ1v) is 9.50. The number of halogens is 1. The number of nitrogens with zero attached hydrogens (tertiary/aromatic N) is 3. The van der Waals surface area contributed by atoms with Crippen molar-refractivity contribution in [3.8, 4) is 0 Å². The third-order valence-corrected chi connectivity index (χ3v) is 5.02. The van der Waals surface area contributed by atoms with Gasteiger partial charge in [-0.1, -0.05) is 48.1 Å². The maximum Gasteiger partial charge on any atom is 0.172 e. The second-order valence-corrected chi connectivity index (χ2v) is 7.30. The van der Waals surface area contributed by atoms with Gasteiger partial charge in [-0.05, 0) is 40.9 Å². The van der Waals surface area contributed by atoms with Crippen molar-refractivity contribution >= 4 is 33.0 Å². The van der Waals surface area contributed by atoms with Gasteiger partial charge in [0.25, 0.3) is 0 Å². The molecule has 0 spiro atoms. The van der Waals surface area contributed by atoms with Crippen molar-refractivity contribution in [1.29, 1.82) is 0 Å². The van der Waals surface area contributed by atoms with Crippen molar-refractivity contribution in [3.05, 3.63) is 87.9 Å². The fraction of sp³-hybridized carbons (Fsp3) is 0.143. The molecule has 0 saturated carbocycles. The summed E-state index contributed by atoms with van der Waals surface area (Å²) < 4.78 is 2.57. The molecule has 1 aliphatic carbocycles. The maximum atomic E-state index is 10.4. The highest BCUT2D eigenvalue weighted by Gasteiger charge is 2.15. The number of rotatable bonds is 4. The van der Waals surface area contributed by atoms with Crippen LogP contribution in [0.1, 0.15) is 23.2 Å². The van der Waals surface area contributed by atoms with E-state index in [0.29, 0.717) is 18.6 Å². The molecule has 27 heavy (non-hydrogen) atoms. The Morgan fingerprint density at radius 2 is 2.04 bits per heavy atom. The average molecular weight is 423 g/mol. The number of aliphatic hydroxyl groups is 1. The van der Waals surface area contributed by atoms with Gasteiger partial charge in [0.15, 0.2) is 5.65 Å². The number of aliphatic hydroxyl groups excluding tert-OH is 1. The van der Waals surface area contributed by atoms with Crippen molar-refractivity contribution in [2.45, 2.75) is 19.9 Å². The number of anilines is 1. The molecule has 3 aromatic rings. The van der Waals surface area contributed by atoms with Crippen molar-refractivity contribution in [2.75, 3.05) is 5.32 Å². The topological polar surface area (TPSA) is 62.5 Å². The minimum absolute atomic E-state index is 0.233. The van der Waals surface area contributed by atoms with Gasteiger partial charge in [-0.2, -0.15) is 9.61 Å². The number of hydrogen-bond donors (Lipinski definition) is 2. The van der Waals surface area contributed by atoms with E-state index in [2.05, 4.69) is 57.5 Å². The summed E-state index contributed by atoms with van der Waals surface area (Å²) in [5, 5.41) is 18.2. The summed E-state index contributed by atoms with van der Waals surface area (Å²) in [7, 11) is 0. The normalized spacial score (nSPS) is 14.0. The highest BCUT2D eigenvalue weighted by molar-refractivity contribution is 9.10. The van der Waals surface area contributed by atoms with Crippen molar-refractivity contribution in [3.63, 3.8) is 0 Å². The molecule has 0 atom stereocenters. The Kier molecular flexibility index (Phi) is 4.81. The monoisotopic (exact) mass is 422 g/mol. The van der Waals surface area contributed by atoms with Crippen molar-refractivity contribution in [2.24, 2.45) is 0 Å². The van der Waals surface area contributed by atoms with E-state index in [4.69, 9.17) is 4.98 Å². The predicted octanol–water partition coefficient (Wildman–Crippen LogP) is 5.20. The molecule has 0 radical (unpaired) electrons. The maximum absolute atomic E-state index is 10.4. The Morgan fingerprint density at radius 3 is 2.85 bits per heavy atom. The lowest BCUT2D eigenvalue weighted by Crippen LogP contribution is -2.08. The fourth-order valence-corrected chi connectivity index (χ4v) is 3.32. The molecule has 1 aliphatic rings. The SMILES string of the molecule is Cc1ccc(CNc2cc(C3=C(O)C=CC=CC3)nc3c(Br)cnn23)cc1. The van der Waals surface area contributed by atoms with E-state index >= 15 is 0 Å². The molecule has 0 fully saturated rings. The van der Waals surface area contributed by atoms with E-state index in [0.717, 1.165) is 21.6 Å². The second kappa shape index (κ2) is 7.40. The summed E-state index contributed by atoms with van der Waals surface area (Å²) in [6.45, 7) is 2.74. The molecular formula is C21H19BrN4O. The predicted molar refractivity (Wildman–Crippen MR) is 112 cm³/mol. The van der Waals surface area contributed by atoms with E-state index in [-0.39, 0.29) is 5.76 Å². The van der Waals surface area contributed by atoms with E-state index < -0.39 is 0 Å². The lowest BCUT2D eigenvalue weighted by Gasteiger charge is -2.13. The van der Waals surface area contributed by atoms with Gasteiger partial charge in [0, 0.05) is 18.2 Å². The van der Waals surface area contributed by atoms with Crippen LogP contribution in [0.5, 0.6) is 0 Å². The Morgan fingerprint density at radius 1 is 1.22 bits per heavy atom. The summed E-state index contributed by atoms with van der Waals surface area (Å²) >= 11 is 3.51. The Hall–Kier alpha value is -2.86. The van der Waals surface area contributed by atoms with E-state index in [1.807, 2.05) is 24.3 Å². The molecular weight excluding hydrogens is 404 g/mol. The van der Waals surface area contributed by atoms with Crippen LogP contribution in [0.15, 0.2) is 71.1 Å². The molecule has 0 amide bonds. The molecule has 2 heterocycles. The van der Waals surface area contributed by atoms with Crippen LogP contribution in [0.2, 0.25) is 0 Å². The lowest BCUT2D eigenvalue weighted by molar-refractivity contribution is 0.434. The number of hydrogen-bond acceptors (Lipinski definition) is 4. The highest BCUT2D eigenvalue weighted by atomic mass is 79.9. The average Bonchev–Trinajstić information content (AvgIpc) is 2.91. The molecule has 0 saturated heterocycles. The number of nitrogens with one attached hydrogen (secondary N) is 1. The van der Waals surface area contributed by atoms with Gasteiger partial charge in [0.2, 0.25) is 0 Å². The van der Waals surface area contributed by atoms with Gasteiger partial charge < -0.3 is 10.4 Å². The molecule has 5 nitrogen and oxygen atoms in total. The first-order valence-electron chi connectivity index (χ1n) is 8.71. The van der Waals surface area contributed by atoms with Gasteiger partial charge in [-0.15, -0.1) is 0 Å². The largest absolute Gasteiger partial charge is 0.508 e. The zero-order chi connectivity index (χ0) is 18.8. The Labute approximate surface area is 165 Å². The van der Waals surface area contributed by atoms with Crippen LogP contribution in [-0.4, -0.2) is 19.7 Å². The number of benzene rings is 1. The molecule has 4 rings (SSSR count). The number of fused-ring (bicyclic) bond motifs is 1. The van der Waals surface area contributed by atoms with Crippen LogP contribution in [0, 0.1) is 6.92 Å². The minimum atomic E-state index is 0.233. The summed E-state index contributed by atoms with van der Waals surface area (Å²) in [5.41, 5.74) is 4.63. The fourth-order valence-electron chi connectivity index (χ4n) is 2.97. The Balaban J connectivity index is 1.74. The number of aryl methyl sites for hydroxylation is 1. The van der Waals surface area contributed by atoms with Gasteiger partial charge in [0.1, 0.15) is 11.6 Å². The molecule has 2 N–H and O–H groups in total. The lowest BCUT2D eigenvalue weighted by atomic mass is 10.1. The standard InChI is InChI=1S/C21H19BrN4O/c1-14-7-9-15(10-8-14)12-23-20-11-18(16-5-3-2-4-6-19(16)27)25-21-17(22)13-24-26(20)21/h2-4,6-11,13,23,27H,5,12H2,1H3. The summed E-state index contributed by atoms with van der Waals surface area (Å²) in [6.07, 6.45) is 9.79. The third-order valence-electron chi connectivity index (χ3n) is 4.46. The molecule has 2 aromatic heterocycles. The molecule has 1 aromatic carbocycles. The van der Waals surface area contributed by atoms with Crippen LogP contribution in [0.4, 0.5) is 5.82 Å². The van der Waals surface area contributed by atoms with E-state index in [1.165, 1.54) is 11.1 Å².